The molecule has 0 N–H and O–H groups in total. The molecule has 0 saturated carbocycles. The molecule has 8 nitrogen and oxygen atoms in total. The summed E-state index contributed by atoms with van der Waals surface area (Å²) in [6.07, 6.45) is 0.635. The molecule has 1 saturated heterocycles. The number of nitrogens with zero attached hydrogens (tertiary/aromatic N) is 3. The lowest BCUT2D eigenvalue weighted by Gasteiger charge is -2.14. The SMILES string of the molecule is O=C1CC(S(=O)(=O)F)CN1c1cccnc1[N+](=O)[O-]. The van der Waals surface area contributed by atoms with Gasteiger partial charge in [-0.2, -0.15) is 8.42 Å². The summed E-state index contributed by atoms with van der Waals surface area (Å²) in [5.41, 5.74) is -0.136. The lowest BCUT2D eigenvalue weighted by atomic mass is 10.3. The first-order valence-electron chi connectivity index (χ1n) is 5.14. The second-order valence-electron chi connectivity index (χ2n) is 3.91. The molecule has 19 heavy (non-hydrogen) atoms. The van der Waals surface area contributed by atoms with Crippen LogP contribution in [0, 0.1) is 10.1 Å². The molecule has 1 unspecified atom stereocenters. The van der Waals surface area contributed by atoms with Crippen molar-refractivity contribution in [2.75, 3.05) is 11.4 Å². The van der Waals surface area contributed by atoms with Gasteiger partial charge in [0.25, 0.3) is 0 Å². The molecule has 0 aromatic carbocycles. The molecular formula is C9H8FN3O5S. The molecular weight excluding hydrogens is 281 g/mol. The highest BCUT2D eigenvalue weighted by Crippen LogP contribution is 2.31. The predicted molar refractivity (Wildman–Crippen MR) is 61.7 cm³/mol. The van der Waals surface area contributed by atoms with Gasteiger partial charge < -0.3 is 15.0 Å². The van der Waals surface area contributed by atoms with E-state index < -0.39 is 45.1 Å². The Balaban J connectivity index is 2.39. The highest BCUT2D eigenvalue weighted by Gasteiger charge is 2.41. The summed E-state index contributed by atoms with van der Waals surface area (Å²) in [5.74, 6) is -1.27. The van der Waals surface area contributed by atoms with E-state index in [1.807, 2.05) is 0 Å². The van der Waals surface area contributed by atoms with Crippen LogP contribution in [0.3, 0.4) is 0 Å². The van der Waals surface area contributed by atoms with E-state index in [0.29, 0.717) is 0 Å². The average molecular weight is 289 g/mol. The zero-order chi connectivity index (χ0) is 14.2. The largest absolute Gasteiger partial charge is 0.387 e. The Morgan fingerprint density at radius 3 is 2.74 bits per heavy atom. The van der Waals surface area contributed by atoms with Crippen LogP contribution in [0.1, 0.15) is 6.42 Å². The topological polar surface area (TPSA) is 110 Å². The van der Waals surface area contributed by atoms with Crippen LogP contribution in [-0.2, 0) is 15.0 Å². The molecule has 0 bridgehead atoms. The fourth-order valence-electron chi connectivity index (χ4n) is 1.84. The average Bonchev–Trinajstić information content (AvgIpc) is 2.71. The van der Waals surface area contributed by atoms with Gasteiger partial charge in [0, 0.05) is 13.0 Å². The molecule has 1 fully saturated rings. The number of carbonyl (C=O) groups is 1. The van der Waals surface area contributed by atoms with Crippen LogP contribution < -0.4 is 4.90 Å². The number of halogens is 1. The molecule has 1 aromatic rings. The second-order valence-corrected chi connectivity index (χ2v) is 5.53. The van der Waals surface area contributed by atoms with Crippen LogP contribution in [0.15, 0.2) is 18.3 Å². The Labute approximate surface area is 107 Å². The third-order valence-corrected chi connectivity index (χ3v) is 3.83. The van der Waals surface area contributed by atoms with Crippen molar-refractivity contribution in [3.05, 3.63) is 28.4 Å². The minimum atomic E-state index is -4.86. The zero-order valence-corrected chi connectivity index (χ0v) is 10.2. The number of anilines is 1. The minimum Gasteiger partial charge on any atom is -0.358 e. The summed E-state index contributed by atoms with van der Waals surface area (Å²) >= 11 is 0. The molecule has 102 valence electrons. The van der Waals surface area contributed by atoms with Gasteiger partial charge in [-0.25, -0.2) is 0 Å². The molecule has 1 atom stereocenters. The number of pyridine rings is 1. The Morgan fingerprint density at radius 1 is 1.53 bits per heavy atom. The molecule has 10 heteroatoms. The van der Waals surface area contributed by atoms with Crippen molar-refractivity contribution >= 4 is 27.6 Å². The van der Waals surface area contributed by atoms with E-state index >= 15 is 0 Å². The smallest absolute Gasteiger partial charge is 0.358 e. The summed E-state index contributed by atoms with van der Waals surface area (Å²) in [4.78, 5) is 26.0. The lowest BCUT2D eigenvalue weighted by Crippen LogP contribution is -2.27. The number of rotatable bonds is 3. The highest BCUT2D eigenvalue weighted by molar-refractivity contribution is 7.87. The van der Waals surface area contributed by atoms with Crippen LogP contribution in [0.25, 0.3) is 0 Å². The van der Waals surface area contributed by atoms with Crippen molar-refractivity contribution in [1.82, 2.24) is 4.98 Å². The van der Waals surface area contributed by atoms with E-state index in [2.05, 4.69) is 4.98 Å². The van der Waals surface area contributed by atoms with Crippen LogP contribution in [0.2, 0.25) is 0 Å². The highest BCUT2D eigenvalue weighted by atomic mass is 32.3. The molecule has 1 aliphatic rings. The Kier molecular flexibility index (Phi) is 3.18. The number of carbonyl (C=O) groups excluding carboxylic acids is 1. The molecule has 1 aliphatic heterocycles. The zero-order valence-electron chi connectivity index (χ0n) is 9.39. The van der Waals surface area contributed by atoms with Crippen molar-refractivity contribution in [2.24, 2.45) is 0 Å². The number of amides is 1. The molecule has 2 rings (SSSR count). The fraction of sp³-hybridized carbons (Fsp3) is 0.333. The Hall–Kier alpha value is -2.10. The van der Waals surface area contributed by atoms with Crippen molar-refractivity contribution in [1.29, 1.82) is 0 Å². The first-order valence-corrected chi connectivity index (χ1v) is 6.58. The number of nitro groups is 1. The first-order chi connectivity index (χ1) is 8.80. The van der Waals surface area contributed by atoms with Gasteiger partial charge in [-0.05, 0) is 22.0 Å². The maximum Gasteiger partial charge on any atom is 0.387 e. The maximum atomic E-state index is 12.9. The number of aromatic nitrogens is 1. The summed E-state index contributed by atoms with van der Waals surface area (Å²) in [5, 5.41) is 9.28. The van der Waals surface area contributed by atoms with Crippen molar-refractivity contribution in [3.63, 3.8) is 0 Å². The lowest BCUT2D eigenvalue weighted by molar-refractivity contribution is -0.388. The Bertz CT molecular complexity index is 647. The minimum absolute atomic E-state index is 0.136. The first kappa shape index (κ1) is 13.3. The molecule has 0 spiro atoms. The normalized spacial score (nSPS) is 19.7. The third kappa shape index (κ3) is 2.52. The summed E-state index contributed by atoms with van der Waals surface area (Å²) in [7, 11) is -4.86. The summed E-state index contributed by atoms with van der Waals surface area (Å²) in [6, 6.07) is 2.63. The van der Waals surface area contributed by atoms with Crippen molar-refractivity contribution in [3.8, 4) is 0 Å². The number of hydrogen-bond acceptors (Lipinski definition) is 6. The molecule has 1 amide bonds. The van der Waals surface area contributed by atoms with Crippen molar-refractivity contribution < 1.29 is 22.0 Å². The molecule has 0 aliphatic carbocycles. The van der Waals surface area contributed by atoms with E-state index in [1.165, 1.54) is 18.3 Å². The van der Waals surface area contributed by atoms with Gasteiger partial charge in [0.05, 0.1) is 0 Å². The maximum absolute atomic E-state index is 12.9. The van der Waals surface area contributed by atoms with E-state index in [-0.39, 0.29) is 5.69 Å². The molecule has 1 aromatic heterocycles. The monoisotopic (exact) mass is 289 g/mol. The van der Waals surface area contributed by atoms with Gasteiger partial charge in [0.15, 0.2) is 0 Å². The Morgan fingerprint density at radius 2 is 2.21 bits per heavy atom. The van der Waals surface area contributed by atoms with Gasteiger partial charge in [0.1, 0.15) is 17.1 Å². The standard InChI is InChI=1S/C9H8FN3O5S/c10-19(17,18)6-4-8(14)12(5-6)7-2-1-3-11-9(7)13(15)16/h1-3,6H,4-5H2. The van der Waals surface area contributed by atoms with Crippen LogP contribution >= 0.6 is 0 Å². The van der Waals surface area contributed by atoms with Crippen LogP contribution in [-0.4, -0.2) is 36.0 Å². The van der Waals surface area contributed by atoms with Gasteiger partial charge in [-0.15, -0.1) is 3.89 Å². The predicted octanol–water partition coefficient (Wildman–Crippen LogP) is 0.394. The van der Waals surface area contributed by atoms with E-state index in [1.54, 1.807) is 0 Å². The quantitative estimate of drug-likeness (QED) is 0.452. The van der Waals surface area contributed by atoms with Crippen molar-refractivity contribution in [2.45, 2.75) is 11.7 Å². The number of hydrogen-bond donors (Lipinski definition) is 0. The van der Waals surface area contributed by atoms with E-state index in [9.17, 15) is 27.2 Å². The summed E-state index contributed by atoms with van der Waals surface area (Å²) in [6.45, 7) is -0.454. The van der Waals surface area contributed by atoms with E-state index in [4.69, 9.17) is 0 Å². The second kappa shape index (κ2) is 4.53. The fourth-order valence-corrected chi connectivity index (χ4v) is 2.50. The third-order valence-electron chi connectivity index (χ3n) is 2.72. The molecule has 2 heterocycles. The van der Waals surface area contributed by atoms with Gasteiger partial charge in [-0.1, -0.05) is 0 Å². The van der Waals surface area contributed by atoms with Crippen LogP contribution in [0.4, 0.5) is 15.4 Å². The van der Waals surface area contributed by atoms with Crippen LogP contribution in [0.5, 0.6) is 0 Å². The van der Waals surface area contributed by atoms with Gasteiger partial charge in [-0.3, -0.25) is 4.79 Å². The molecule has 0 radical (unpaired) electrons. The summed E-state index contributed by atoms with van der Waals surface area (Å²) < 4.78 is 34.4. The van der Waals surface area contributed by atoms with Gasteiger partial charge >= 0.3 is 16.0 Å². The van der Waals surface area contributed by atoms with Gasteiger partial charge in [0.2, 0.25) is 5.91 Å². The van der Waals surface area contributed by atoms with E-state index in [0.717, 1.165) is 4.90 Å².